The van der Waals surface area contributed by atoms with Crippen molar-refractivity contribution in [1.82, 2.24) is 0 Å². The van der Waals surface area contributed by atoms with Gasteiger partial charge in [-0.25, -0.2) is 0 Å². The van der Waals surface area contributed by atoms with E-state index in [1.165, 1.54) is 0 Å². The number of hydrogen-bond acceptors (Lipinski definition) is 4. The molecule has 0 saturated heterocycles. The van der Waals surface area contributed by atoms with E-state index in [0.717, 1.165) is 5.39 Å². The number of nitrogens with zero attached hydrogens (tertiary/aromatic N) is 1. The second-order valence-corrected chi connectivity index (χ2v) is 4.01. The number of para-hydroxylation sites is 3. The molecule has 19 heavy (non-hydrogen) atoms. The highest BCUT2D eigenvalue weighted by molar-refractivity contribution is 5.87. The number of hydrogen-bond donors (Lipinski definition) is 1. The molecule has 0 spiro atoms. The van der Waals surface area contributed by atoms with E-state index in [9.17, 15) is 0 Å². The van der Waals surface area contributed by atoms with E-state index >= 15 is 0 Å². The minimum Gasteiger partial charge on any atom is -0.450 e. The van der Waals surface area contributed by atoms with E-state index in [-0.39, 0.29) is 5.76 Å². The van der Waals surface area contributed by atoms with Crippen LogP contribution in [0.5, 0.6) is 11.5 Å². The lowest BCUT2D eigenvalue weighted by molar-refractivity contribution is 0.469. The molecule has 2 aromatic carbocycles. The van der Waals surface area contributed by atoms with Crippen LogP contribution in [0.1, 0.15) is 5.76 Å². The average Bonchev–Trinajstić information content (AvgIpc) is 2.79. The van der Waals surface area contributed by atoms with Crippen LogP contribution < -0.4 is 10.5 Å². The van der Waals surface area contributed by atoms with Gasteiger partial charge in [-0.05, 0) is 24.3 Å². The number of nitriles is 1. The van der Waals surface area contributed by atoms with Crippen molar-refractivity contribution in [3.05, 3.63) is 54.3 Å². The van der Waals surface area contributed by atoms with Gasteiger partial charge in [-0.3, -0.25) is 0 Å². The maximum atomic E-state index is 9.11. The number of rotatable bonds is 2. The summed E-state index contributed by atoms with van der Waals surface area (Å²) >= 11 is 0. The highest BCUT2D eigenvalue weighted by Crippen LogP contribution is 2.37. The topological polar surface area (TPSA) is 72.2 Å². The van der Waals surface area contributed by atoms with Crippen molar-refractivity contribution in [3.63, 3.8) is 0 Å². The maximum Gasteiger partial charge on any atom is 0.247 e. The lowest BCUT2D eigenvalue weighted by Gasteiger charge is -2.06. The van der Waals surface area contributed by atoms with Crippen molar-refractivity contribution in [2.24, 2.45) is 0 Å². The first-order valence-corrected chi connectivity index (χ1v) is 5.73. The Morgan fingerprint density at radius 1 is 1.05 bits per heavy atom. The zero-order valence-electron chi connectivity index (χ0n) is 9.96. The first-order valence-electron chi connectivity index (χ1n) is 5.73. The Labute approximate surface area is 109 Å². The molecule has 0 amide bonds. The average molecular weight is 250 g/mol. The lowest BCUT2D eigenvalue weighted by atomic mass is 10.2. The largest absolute Gasteiger partial charge is 0.450 e. The summed E-state index contributed by atoms with van der Waals surface area (Å²) in [7, 11) is 0. The molecule has 0 aliphatic carbocycles. The fourth-order valence-electron chi connectivity index (χ4n) is 1.88. The lowest BCUT2D eigenvalue weighted by Crippen LogP contribution is -1.91. The van der Waals surface area contributed by atoms with Crippen LogP contribution in [0.15, 0.2) is 52.9 Å². The smallest absolute Gasteiger partial charge is 0.247 e. The van der Waals surface area contributed by atoms with Crippen LogP contribution in [0, 0.1) is 11.3 Å². The molecule has 4 nitrogen and oxygen atoms in total. The van der Waals surface area contributed by atoms with Gasteiger partial charge in [-0.15, -0.1) is 0 Å². The summed E-state index contributed by atoms with van der Waals surface area (Å²) in [4.78, 5) is 0. The monoisotopic (exact) mass is 250 g/mol. The summed E-state index contributed by atoms with van der Waals surface area (Å²) in [6, 6.07) is 16.5. The number of anilines is 1. The van der Waals surface area contributed by atoms with Crippen molar-refractivity contribution >= 4 is 16.7 Å². The normalized spacial score (nSPS) is 10.3. The molecule has 0 aliphatic heterocycles. The molecule has 0 fully saturated rings. The molecular weight excluding hydrogens is 240 g/mol. The number of ether oxygens (including phenoxy) is 1. The Morgan fingerprint density at radius 2 is 1.79 bits per heavy atom. The van der Waals surface area contributed by atoms with Gasteiger partial charge >= 0.3 is 0 Å². The summed E-state index contributed by atoms with van der Waals surface area (Å²) in [5.41, 5.74) is 6.96. The fraction of sp³-hybridized carbons (Fsp3) is 0. The van der Waals surface area contributed by atoms with Gasteiger partial charge in [0.1, 0.15) is 11.7 Å². The number of nitrogens with two attached hydrogens (primary N) is 1. The maximum absolute atomic E-state index is 9.11. The molecule has 3 rings (SSSR count). The SMILES string of the molecule is N#Cc1oc2ccccc2c1Oc1ccccc1N. The van der Waals surface area contributed by atoms with Gasteiger partial charge in [-0.2, -0.15) is 5.26 Å². The van der Waals surface area contributed by atoms with Crippen molar-refractivity contribution in [2.75, 3.05) is 5.73 Å². The molecule has 2 N–H and O–H groups in total. The standard InChI is InChI=1S/C15H10N2O2/c16-9-14-15(10-5-1-3-7-12(10)18-14)19-13-8-4-2-6-11(13)17/h1-8H,17H2. The van der Waals surface area contributed by atoms with Crippen LogP contribution in [0.25, 0.3) is 11.0 Å². The van der Waals surface area contributed by atoms with Crippen LogP contribution in [-0.2, 0) is 0 Å². The third kappa shape index (κ3) is 1.87. The van der Waals surface area contributed by atoms with Gasteiger partial charge in [-0.1, -0.05) is 24.3 Å². The number of benzene rings is 2. The molecule has 0 saturated carbocycles. The van der Waals surface area contributed by atoms with Crippen molar-refractivity contribution in [2.45, 2.75) is 0 Å². The zero-order valence-corrected chi connectivity index (χ0v) is 9.96. The van der Waals surface area contributed by atoms with E-state index in [4.69, 9.17) is 20.1 Å². The first kappa shape index (κ1) is 11.2. The Bertz CT molecular complexity index is 784. The molecule has 0 unspecified atom stereocenters. The molecule has 0 atom stereocenters. The van der Waals surface area contributed by atoms with Crippen LogP contribution >= 0.6 is 0 Å². The predicted molar refractivity (Wildman–Crippen MR) is 71.9 cm³/mol. The van der Waals surface area contributed by atoms with E-state index < -0.39 is 0 Å². The van der Waals surface area contributed by atoms with E-state index in [1.54, 1.807) is 18.2 Å². The number of fused-ring (bicyclic) bond motifs is 1. The Hall–Kier alpha value is -2.93. The Balaban J connectivity index is 2.15. The summed E-state index contributed by atoms with van der Waals surface area (Å²) in [6.45, 7) is 0. The predicted octanol–water partition coefficient (Wildman–Crippen LogP) is 3.68. The Morgan fingerprint density at radius 3 is 2.58 bits per heavy atom. The van der Waals surface area contributed by atoms with E-state index in [2.05, 4.69) is 0 Å². The second kappa shape index (κ2) is 4.39. The van der Waals surface area contributed by atoms with Gasteiger partial charge < -0.3 is 14.9 Å². The third-order valence-corrected chi connectivity index (χ3v) is 2.78. The van der Waals surface area contributed by atoms with Crippen molar-refractivity contribution in [1.29, 1.82) is 5.26 Å². The second-order valence-electron chi connectivity index (χ2n) is 4.01. The minimum absolute atomic E-state index is 0.143. The quantitative estimate of drug-likeness (QED) is 0.704. The van der Waals surface area contributed by atoms with Crippen LogP contribution in [-0.4, -0.2) is 0 Å². The summed E-state index contributed by atoms with van der Waals surface area (Å²) in [5.74, 6) is 1.05. The summed E-state index contributed by atoms with van der Waals surface area (Å²) in [6.07, 6.45) is 0. The summed E-state index contributed by atoms with van der Waals surface area (Å²) in [5, 5.41) is 9.86. The molecule has 0 bridgehead atoms. The van der Waals surface area contributed by atoms with E-state index in [0.29, 0.717) is 22.8 Å². The molecular formula is C15H10N2O2. The molecule has 1 heterocycles. The Kier molecular flexibility index (Phi) is 2.58. The highest BCUT2D eigenvalue weighted by atomic mass is 16.5. The molecule has 4 heteroatoms. The van der Waals surface area contributed by atoms with E-state index in [1.807, 2.05) is 36.4 Å². The van der Waals surface area contributed by atoms with Crippen LogP contribution in [0.4, 0.5) is 5.69 Å². The summed E-state index contributed by atoms with van der Waals surface area (Å²) < 4.78 is 11.2. The highest BCUT2D eigenvalue weighted by Gasteiger charge is 2.16. The van der Waals surface area contributed by atoms with Gasteiger partial charge in [0.05, 0.1) is 11.1 Å². The zero-order chi connectivity index (χ0) is 13.2. The van der Waals surface area contributed by atoms with Gasteiger partial charge in [0.25, 0.3) is 0 Å². The van der Waals surface area contributed by atoms with Gasteiger partial charge in [0.2, 0.25) is 5.76 Å². The van der Waals surface area contributed by atoms with Crippen molar-refractivity contribution < 1.29 is 9.15 Å². The number of furan rings is 1. The number of nitrogen functional groups attached to an aromatic ring is 1. The first-order chi connectivity index (χ1) is 9.29. The van der Waals surface area contributed by atoms with Crippen LogP contribution in [0.3, 0.4) is 0 Å². The molecule has 1 aromatic heterocycles. The van der Waals surface area contributed by atoms with Gasteiger partial charge in [0.15, 0.2) is 11.5 Å². The molecule has 3 aromatic rings. The van der Waals surface area contributed by atoms with Gasteiger partial charge in [0, 0.05) is 0 Å². The molecule has 92 valence electrons. The molecule has 0 radical (unpaired) electrons. The third-order valence-electron chi connectivity index (χ3n) is 2.78. The van der Waals surface area contributed by atoms with Crippen molar-refractivity contribution in [3.8, 4) is 17.6 Å². The molecule has 0 aliphatic rings. The minimum atomic E-state index is 0.143. The fourth-order valence-corrected chi connectivity index (χ4v) is 1.88. The van der Waals surface area contributed by atoms with Crippen LogP contribution in [0.2, 0.25) is 0 Å².